The van der Waals surface area contributed by atoms with E-state index in [4.69, 9.17) is 4.74 Å². The lowest BCUT2D eigenvalue weighted by molar-refractivity contribution is 0.104. The number of hydrogen-bond donors (Lipinski definition) is 1. The van der Waals surface area contributed by atoms with Gasteiger partial charge < -0.3 is 10.1 Å². The first kappa shape index (κ1) is 15.2. The molecule has 0 radical (unpaired) electrons. The first-order valence-electron chi connectivity index (χ1n) is 6.12. The Morgan fingerprint density at radius 1 is 1.41 bits per heavy atom. The third-order valence-electron chi connectivity index (χ3n) is 2.78. The molecule has 2 atom stereocenters. The molecule has 98 valence electrons. The first-order valence-corrected chi connectivity index (χ1v) is 7.79. The Hall–Kier alpha value is 0.1000. The summed E-state index contributed by atoms with van der Waals surface area (Å²) < 4.78 is 6.69. The van der Waals surface area contributed by atoms with E-state index in [9.17, 15) is 0 Å². The molecule has 0 saturated carbocycles. The summed E-state index contributed by atoms with van der Waals surface area (Å²) in [6.45, 7) is 10.3. The Morgan fingerprint density at radius 3 is 2.59 bits per heavy atom. The van der Waals surface area contributed by atoms with Gasteiger partial charge >= 0.3 is 0 Å². The van der Waals surface area contributed by atoms with E-state index in [2.05, 4.69) is 53.5 Å². The highest BCUT2D eigenvalue weighted by Crippen LogP contribution is 2.26. The normalized spacial score (nSPS) is 15.2. The number of rotatable bonds is 7. The highest BCUT2D eigenvalue weighted by Gasteiger charge is 2.17. The third kappa shape index (κ3) is 5.08. The minimum absolute atomic E-state index is 0.374. The average molecular weight is 320 g/mol. The molecule has 0 saturated heterocycles. The van der Waals surface area contributed by atoms with Gasteiger partial charge in [-0.05, 0) is 41.8 Å². The summed E-state index contributed by atoms with van der Waals surface area (Å²) in [6.07, 6.45) is 0. The Labute approximate surface area is 117 Å². The molecule has 0 aliphatic heterocycles. The highest BCUT2D eigenvalue weighted by atomic mass is 79.9. The molecule has 0 bridgehead atoms. The van der Waals surface area contributed by atoms with Crippen LogP contribution < -0.4 is 5.32 Å². The van der Waals surface area contributed by atoms with E-state index in [1.54, 1.807) is 11.3 Å². The molecular formula is C13H22BrNOS. The quantitative estimate of drug-likeness (QED) is 0.812. The second-order valence-electron chi connectivity index (χ2n) is 4.57. The lowest BCUT2D eigenvalue weighted by atomic mass is 10.0. The molecule has 0 aliphatic carbocycles. The van der Waals surface area contributed by atoms with Crippen LogP contribution in [0.3, 0.4) is 0 Å². The van der Waals surface area contributed by atoms with E-state index in [-0.39, 0.29) is 0 Å². The summed E-state index contributed by atoms with van der Waals surface area (Å²) in [4.78, 5) is 1.36. The summed E-state index contributed by atoms with van der Waals surface area (Å²) in [5, 5.41) is 5.77. The van der Waals surface area contributed by atoms with E-state index in [0.717, 1.165) is 17.7 Å². The van der Waals surface area contributed by atoms with Crippen molar-refractivity contribution in [1.29, 1.82) is 0 Å². The topological polar surface area (TPSA) is 21.3 Å². The average Bonchev–Trinajstić information content (AvgIpc) is 2.70. The number of halogens is 1. The molecule has 17 heavy (non-hydrogen) atoms. The minimum atomic E-state index is 0.374. The van der Waals surface area contributed by atoms with Crippen LogP contribution in [0.1, 0.15) is 38.6 Å². The van der Waals surface area contributed by atoms with Crippen LogP contribution in [0.2, 0.25) is 0 Å². The van der Waals surface area contributed by atoms with Gasteiger partial charge in [0.25, 0.3) is 0 Å². The standard InChI is InChI=1S/C13H22BrNOS/c1-5-16-7-12(9(2)3)15-10(4)13-6-11(14)8-17-13/h6,8-10,12,15H,5,7H2,1-4H3. The number of hydrogen-bond acceptors (Lipinski definition) is 3. The second kappa shape index (κ2) is 7.52. The lowest BCUT2D eigenvalue weighted by Gasteiger charge is -2.25. The molecule has 2 unspecified atom stereocenters. The summed E-state index contributed by atoms with van der Waals surface area (Å²) in [5.74, 6) is 0.576. The molecule has 0 aromatic carbocycles. The van der Waals surface area contributed by atoms with Gasteiger partial charge in [-0.25, -0.2) is 0 Å². The van der Waals surface area contributed by atoms with Crippen LogP contribution in [0.15, 0.2) is 15.9 Å². The maximum Gasteiger partial charge on any atom is 0.0622 e. The fourth-order valence-electron chi connectivity index (χ4n) is 1.64. The molecule has 1 aromatic rings. The largest absolute Gasteiger partial charge is 0.380 e. The molecule has 0 spiro atoms. The van der Waals surface area contributed by atoms with Crippen molar-refractivity contribution in [2.24, 2.45) is 5.92 Å². The number of nitrogens with one attached hydrogen (secondary N) is 1. The SMILES string of the molecule is CCOCC(NC(C)c1cc(Br)cs1)C(C)C. The van der Waals surface area contributed by atoms with Crippen molar-refractivity contribution in [2.75, 3.05) is 13.2 Å². The summed E-state index contributed by atoms with van der Waals surface area (Å²) in [7, 11) is 0. The van der Waals surface area contributed by atoms with Crippen LogP contribution in [0.5, 0.6) is 0 Å². The zero-order valence-electron chi connectivity index (χ0n) is 11.0. The van der Waals surface area contributed by atoms with Crippen molar-refractivity contribution in [2.45, 2.75) is 39.8 Å². The zero-order valence-corrected chi connectivity index (χ0v) is 13.4. The number of ether oxygens (including phenoxy) is 1. The lowest BCUT2D eigenvalue weighted by Crippen LogP contribution is -2.39. The van der Waals surface area contributed by atoms with E-state index >= 15 is 0 Å². The Balaban J connectivity index is 2.54. The van der Waals surface area contributed by atoms with Crippen LogP contribution >= 0.6 is 27.3 Å². The van der Waals surface area contributed by atoms with Crippen molar-refractivity contribution in [3.05, 3.63) is 20.8 Å². The molecular weight excluding hydrogens is 298 g/mol. The van der Waals surface area contributed by atoms with Gasteiger partial charge in [-0.2, -0.15) is 0 Å². The molecule has 2 nitrogen and oxygen atoms in total. The molecule has 1 aromatic heterocycles. The maximum absolute atomic E-state index is 5.53. The van der Waals surface area contributed by atoms with Gasteiger partial charge in [0, 0.05) is 33.4 Å². The predicted molar refractivity (Wildman–Crippen MR) is 78.7 cm³/mol. The Morgan fingerprint density at radius 2 is 2.12 bits per heavy atom. The highest BCUT2D eigenvalue weighted by molar-refractivity contribution is 9.10. The summed E-state index contributed by atoms with van der Waals surface area (Å²) in [5.41, 5.74) is 0. The molecule has 0 aliphatic rings. The van der Waals surface area contributed by atoms with Crippen molar-refractivity contribution in [1.82, 2.24) is 5.32 Å². The fourth-order valence-corrected chi connectivity index (χ4v) is 3.10. The molecule has 1 N–H and O–H groups in total. The van der Waals surface area contributed by atoms with Crippen molar-refractivity contribution in [3.63, 3.8) is 0 Å². The van der Waals surface area contributed by atoms with Crippen LogP contribution in [-0.2, 0) is 4.74 Å². The van der Waals surface area contributed by atoms with Crippen LogP contribution in [0.4, 0.5) is 0 Å². The molecule has 0 amide bonds. The van der Waals surface area contributed by atoms with Gasteiger partial charge in [0.2, 0.25) is 0 Å². The fraction of sp³-hybridized carbons (Fsp3) is 0.692. The van der Waals surface area contributed by atoms with Gasteiger partial charge in [-0.3, -0.25) is 0 Å². The predicted octanol–water partition coefficient (Wildman–Crippen LogP) is 4.22. The summed E-state index contributed by atoms with van der Waals surface area (Å²) in [6, 6.07) is 2.96. The molecule has 4 heteroatoms. The second-order valence-corrected chi connectivity index (χ2v) is 6.42. The van der Waals surface area contributed by atoms with Crippen LogP contribution in [-0.4, -0.2) is 19.3 Å². The van der Waals surface area contributed by atoms with E-state index in [1.807, 2.05) is 6.92 Å². The van der Waals surface area contributed by atoms with E-state index in [0.29, 0.717) is 18.0 Å². The van der Waals surface area contributed by atoms with Gasteiger partial charge in [-0.1, -0.05) is 13.8 Å². The van der Waals surface area contributed by atoms with Gasteiger partial charge in [0.15, 0.2) is 0 Å². The van der Waals surface area contributed by atoms with E-state index < -0.39 is 0 Å². The third-order valence-corrected chi connectivity index (χ3v) is 4.66. The van der Waals surface area contributed by atoms with Crippen LogP contribution in [0, 0.1) is 5.92 Å². The van der Waals surface area contributed by atoms with E-state index in [1.165, 1.54) is 4.88 Å². The van der Waals surface area contributed by atoms with Crippen molar-refractivity contribution in [3.8, 4) is 0 Å². The number of thiophene rings is 1. The monoisotopic (exact) mass is 319 g/mol. The van der Waals surface area contributed by atoms with Gasteiger partial charge in [0.05, 0.1) is 6.61 Å². The Bertz CT molecular complexity index is 327. The Kier molecular flexibility index (Phi) is 6.70. The molecule has 1 heterocycles. The van der Waals surface area contributed by atoms with Gasteiger partial charge in [-0.15, -0.1) is 11.3 Å². The van der Waals surface area contributed by atoms with Crippen molar-refractivity contribution >= 4 is 27.3 Å². The van der Waals surface area contributed by atoms with Crippen LogP contribution in [0.25, 0.3) is 0 Å². The van der Waals surface area contributed by atoms with Crippen molar-refractivity contribution < 1.29 is 4.74 Å². The summed E-state index contributed by atoms with van der Waals surface area (Å²) >= 11 is 5.28. The minimum Gasteiger partial charge on any atom is -0.380 e. The zero-order chi connectivity index (χ0) is 12.8. The maximum atomic E-state index is 5.53. The smallest absolute Gasteiger partial charge is 0.0622 e. The molecule has 0 fully saturated rings. The van der Waals surface area contributed by atoms with Gasteiger partial charge in [0.1, 0.15) is 0 Å². The first-order chi connectivity index (χ1) is 8.04. The molecule has 1 rings (SSSR count).